The lowest BCUT2D eigenvalue weighted by molar-refractivity contribution is 0.0946. The lowest BCUT2D eigenvalue weighted by atomic mass is 10.0. The van der Waals surface area contributed by atoms with Crippen molar-refractivity contribution in [3.05, 3.63) is 29.8 Å². The molecule has 0 heterocycles. The van der Waals surface area contributed by atoms with E-state index in [1.165, 1.54) is 4.90 Å². The summed E-state index contributed by atoms with van der Waals surface area (Å²) in [7, 11) is 0. The summed E-state index contributed by atoms with van der Waals surface area (Å²) in [5, 5.41) is 3.00. The molecule has 4 heteroatoms. The highest BCUT2D eigenvalue weighted by Gasteiger charge is 2.10. The Labute approximate surface area is 125 Å². The van der Waals surface area contributed by atoms with Gasteiger partial charge in [-0.15, -0.1) is 23.4 Å². The fourth-order valence-corrected chi connectivity index (χ4v) is 2.71. The van der Waals surface area contributed by atoms with Crippen LogP contribution in [0.1, 0.15) is 36.5 Å². The number of carbonyl (C=O) groups excluding carboxylic acids is 1. The molecule has 0 aliphatic carbocycles. The van der Waals surface area contributed by atoms with Gasteiger partial charge in [0, 0.05) is 22.9 Å². The maximum atomic E-state index is 12.0. The Morgan fingerprint density at radius 3 is 2.53 bits per heavy atom. The van der Waals surface area contributed by atoms with Crippen LogP contribution >= 0.6 is 23.4 Å². The van der Waals surface area contributed by atoms with Crippen LogP contribution < -0.4 is 5.32 Å². The van der Waals surface area contributed by atoms with Gasteiger partial charge in [-0.1, -0.05) is 13.3 Å². The van der Waals surface area contributed by atoms with Gasteiger partial charge in [-0.25, -0.2) is 0 Å². The lowest BCUT2D eigenvalue weighted by Gasteiger charge is -2.15. The molecule has 1 atom stereocenters. The normalized spacial score (nSPS) is 12.2. The molecule has 0 aliphatic heterocycles. The Bertz CT molecular complexity index is 374. The number of benzene rings is 1. The highest BCUT2D eigenvalue weighted by Crippen LogP contribution is 2.15. The van der Waals surface area contributed by atoms with Crippen LogP contribution in [-0.2, 0) is 0 Å². The van der Waals surface area contributed by atoms with E-state index in [2.05, 4.69) is 12.2 Å². The van der Waals surface area contributed by atoms with Gasteiger partial charge in [-0.3, -0.25) is 4.79 Å². The van der Waals surface area contributed by atoms with E-state index in [0.29, 0.717) is 18.3 Å². The van der Waals surface area contributed by atoms with Gasteiger partial charge in [-0.2, -0.15) is 0 Å². The largest absolute Gasteiger partial charge is 0.352 e. The lowest BCUT2D eigenvalue weighted by Crippen LogP contribution is -2.29. The fourth-order valence-electron chi connectivity index (χ4n) is 1.99. The maximum absolute atomic E-state index is 12.0. The summed E-state index contributed by atoms with van der Waals surface area (Å²) >= 11 is 7.46. The van der Waals surface area contributed by atoms with Crippen molar-refractivity contribution in [3.63, 3.8) is 0 Å². The zero-order valence-corrected chi connectivity index (χ0v) is 13.2. The van der Waals surface area contributed by atoms with E-state index in [1.807, 2.05) is 30.5 Å². The van der Waals surface area contributed by atoms with Crippen LogP contribution in [-0.4, -0.2) is 24.6 Å². The van der Waals surface area contributed by atoms with E-state index < -0.39 is 0 Å². The summed E-state index contributed by atoms with van der Waals surface area (Å²) in [6, 6.07) is 7.69. The zero-order chi connectivity index (χ0) is 14.1. The van der Waals surface area contributed by atoms with Crippen LogP contribution in [0.2, 0.25) is 0 Å². The van der Waals surface area contributed by atoms with Crippen molar-refractivity contribution >= 4 is 29.3 Å². The van der Waals surface area contributed by atoms with Crippen LogP contribution in [0.3, 0.4) is 0 Å². The number of hydrogen-bond donors (Lipinski definition) is 1. The Hall–Kier alpha value is -0.670. The summed E-state index contributed by atoms with van der Waals surface area (Å²) < 4.78 is 0. The molecular weight excluding hydrogens is 278 g/mol. The molecule has 19 heavy (non-hydrogen) atoms. The number of carbonyl (C=O) groups is 1. The molecule has 0 saturated carbocycles. The number of thioether (sulfide) groups is 1. The Balaban J connectivity index is 2.48. The van der Waals surface area contributed by atoms with Gasteiger partial charge in [0.05, 0.1) is 0 Å². The maximum Gasteiger partial charge on any atom is 0.251 e. The molecule has 1 rings (SSSR count). The zero-order valence-electron chi connectivity index (χ0n) is 11.6. The van der Waals surface area contributed by atoms with Crippen LogP contribution in [0.5, 0.6) is 0 Å². The molecule has 1 amide bonds. The number of nitrogens with one attached hydrogen (secondary N) is 1. The minimum atomic E-state index is 0.00308. The standard InChI is InChI=1S/C15H22ClNOS/c1-3-4-12(9-10-16)11-17-15(18)13-5-7-14(19-2)8-6-13/h5-8,12H,3-4,9-11H2,1-2H3,(H,17,18). The Kier molecular flexibility index (Phi) is 7.99. The SMILES string of the molecule is CCCC(CCCl)CNC(=O)c1ccc(SC)cc1. The molecule has 2 nitrogen and oxygen atoms in total. The minimum absolute atomic E-state index is 0.00308. The van der Waals surface area contributed by atoms with Crippen molar-refractivity contribution in [2.45, 2.75) is 31.1 Å². The highest BCUT2D eigenvalue weighted by atomic mass is 35.5. The Morgan fingerprint density at radius 1 is 1.32 bits per heavy atom. The number of rotatable bonds is 8. The molecule has 106 valence electrons. The molecule has 1 N–H and O–H groups in total. The van der Waals surface area contributed by atoms with Crippen molar-refractivity contribution in [3.8, 4) is 0 Å². The second-order valence-corrected chi connectivity index (χ2v) is 5.83. The molecule has 1 aromatic rings. The molecule has 0 aromatic heterocycles. The van der Waals surface area contributed by atoms with Crippen molar-refractivity contribution in [2.24, 2.45) is 5.92 Å². The Morgan fingerprint density at radius 2 is 2.00 bits per heavy atom. The van der Waals surface area contributed by atoms with E-state index in [-0.39, 0.29) is 5.91 Å². The first-order chi connectivity index (χ1) is 9.21. The van der Waals surface area contributed by atoms with Gasteiger partial charge in [0.25, 0.3) is 5.91 Å². The van der Waals surface area contributed by atoms with Gasteiger partial charge in [-0.05, 0) is 49.3 Å². The predicted molar refractivity (Wildman–Crippen MR) is 84.3 cm³/mol. The molecule has 0 fully saturated rings. The molecule has 1 aromatic carbocycles. The van der Waals surface area contributed by atoms with Crippen LogP contribution in [0.15, 0.2) is 29.2 Å². The van der Waals surface area contributed by atoms with E-state index in [0.717, 1.165) is 24.8 Å². The number of alkyl halides is 1. The second kappa shape index (κ2) is 9.27. The van der Waals surface area contributed by atoms with Gasteiger partial charge in [0.1, 0.15) is 0 Å². The third-order valence-electron chi connectivity index (χ3n) is 3.12. The summed E-state index contributed by atoms with van der Waals surface area (Å²) in [6.07, 6.45) is 5.22. The fraction of sp³-hybridized carbons (Fsp3) is 0.533. The van der Waals surface area contributed by atoms with Crippen molar-refractivity contribution < 1.29 is 4.79 Å². The predicted octanol–water partition coefficient (Wildman–Crippen LogP) is 4.18. The summed E-state index contributed by atoms with van der Waals surface area (Å²) in [6.45, 7) is 2.87. The third kappa shape index (κ3) is 5.87. The quantitative estimate of drug-likeness (QED) is 0.576. The first-order valence-electron chi connectivity index (χ1n) is 6.69. The average molecular weight is 300 g/mol. The van der Waals surface area contributed by atoms with E-state index >= 15 is 0 Å². The van der Waals surface area contributed by atoms with Gasteiger partial charge in [0.2, 0.25) is 0 Å². The second-order valence-electron chi connectivity index (χ2n) is 4.57. The summed E-state index contributed by atoms with van der Waals surface area (Å²) in [5.74, 6) is 1.14. The number of amides is 1. The van der Waals surface area contributed by atoms with Gasteiger partial charge in [0.15, 0.2) is 0 Å². The topological polar surface area (TPSA) is 29.1 Å². The smallest absolute Gasteiger partial charge is 0.251 e. The van der Waals surface area contributed by atoms with Crippen LogP contribution in [0, 0.1) is 5.92 Å². The van der Waals surface area contributed by atoms with Crippen LogP contribution in [0.25, 0.3) is 0 Å². The molecule has 0 bridgehead atoms. The monoisotopic (exact) mass is 299 g/mol. The summed E-state index contributed by atoms with van der Waals surface area (Å²) in [4.78, 5) is 13.2. The van der Waals surface area contributed by atoms with E-state index in [1.54, 1.807) is 11.8 Å². The first-order valence-corrected chi connectivity index (χ1v) is 8.45. The van der Waals surface area contributed by atoms with E-state index in [4.69, 9.17) is 11.6 Å². The molecule has 0 spiro atoms. The first kappa shape index (κ1) is 16.4. The average Bonchev–Trinajstić information content (AvgIpc) is 2.45. The van der Waals surface area contributed by atoms with Crippen molar-refractivity contribution in [2.75, 3.05) is 18.7 Å². The highest BCUT2D eigenvalue weighted by molar-refractivity contribution is 7.98. The van der Waals surface area contributed by atoms with Crippen molar-refractivity contribution in [1.29, 1.82) is 0 Å². The number of hydrogen-bond acceptors (Lipinski definition) is 2. The van der Waals surface area contributed by atoms with Gasteiger partial charge >= 0.3 is 0 Å². The summed E-state index contributed by atoms with van der Waals surface area (Å²) in [5.41, 5.74) is 0.721. The molecule has 0 aliphatic rings. The molecule has 0 radical (unpaired) electrons. The van der Waals surface area contributed by atoms with Crippen LogP contribution in [0.4, 0.5) is 0 Å². The van der Waals surface area contributed by atoms with Gasteiger partial charge < -0.3 is 5.32 Å². The molecular formula is C15H22ClNOS. The molecule has 1 unspecified atom stereocenters. The number of halogens is 1. The minimum Gasteiger partial charge on any atom is -0.352 e. The third-order valence-corrected chi connectivity index (χ3v) is 4.08. The van der Waals surface area contributed by atoms with Crippen molar-refractivity contribution in [1.82, 2.24) is 5.32 Å². The van der Waals surface area contributed by atoms with E-state index in [9.17, 15) is 4.79 Å². The molecule has 0 saturated heterocycles.